The van der Waals surface area contributed by atoms with E-state index in [1.165, 1.54) is 25.0 Å². The summed E-state index contributed by atoms with van der Waals surface area (Å²) in [6, 6.07) is 11.7. The van der Waals surface area contributed by atoms with E-state index < -0.39 is 5.67 Å². The highest BCUT2D eigenvalue weighted by atomic mass is 19.1. The molecule has 4 aromatic rings. The molecule has 33 heavy (non-hydrogen) atoms. The van der Waals surface area contributed by atoms with Crippen molar-refractivity contribution in [2.24, 2.45) is 0 Å². The zero-order valence-corrected chi connectivity index (χ0v) is 19.0. The average molecular weight is 447 g/mol. The van der Waals surface area contributed by atoms with Crippen LogP contribution in [0.3, 0.4) is 0 Å². The van der Waals surface area contributed by atoms with Gasteiger partial charge in [0.15, 0.2) is 0 Å². The number of aromatic nitrogens is 4. The maximum atomic E-state index is 14.6. The van der Waals surface area contributed by atoms with Crippen LogP contribution >= 0.6 is 0 Å². The molecule has 0 aliphatic carbocycles. The van der Waals surface area contributed by atoms with Gasteiger partial charge in [0.1, 0.15) is 11.5 Å². The van der Waals surface area contributed by atoms with Gasteiger partial charge in [0.2, 0.25) is 0 Å². The van der Waals surface area contributed by atoms with Gasteiger partial charge >= 0.3 is 0 Å². The van der Waals surface area contributed by atoms with E-state index in [0.29, 0.717) is 34.6 Å². The molecule has 0 unspecified atom stereocenters. The Morgan fingerprint density at radius 3 is 2.79 bits per heavy atom. The quantitative estimate of drug-likeness (QED) is 0.481. The SMILES string of the molecule is CCn1c(=O)c2cnc(Nc3ccc4c(c3)CNCC4)cc2n1-c1ccnc(C(C)(C)F)c1. The molecule has 5 rings (SSSR count). The molecule has 0 fully saturated rings. The lowest BCUT2D eigenvalue weighted by Gasteiger charge is -2.18. The zero-order valence-electron chi connectivity index (χ0n) is 19.0. The van der Waals surface area contributed by atoms with Gasteiger partial charge in [-0.3, -0.25) is 9.78 Å². The Kier molecular flexibility index (Phi) is 5.25. The summed E-state index contributed by atoms with van der Waals surface area (Å²) in [6.45, 7) is 7.17. The summed E-state index contributed by atoms with van der Waals surface area (Å²) in [5.74, 6) is 0.633. The van der Waals surface area contributed by atoms with E-state index in [9.17, 15) is 9.18 Å². The van der Waals surface area contributed by atoms with Crippen molar-refractivity contribution in [1.29, 1.82) is 0 Å². The molecule has 4 heterocycles. The van der Waals surface area contributed by atoms with Gasteiger partial charge in [-0.25, -0.2) is 18.7 Å². The highest BCUT2D eigenvalue weighted by Crippen LogP contribution is 2.27. The summed E-state index contributed by atoms with van der Waals surface area (Å²) >= 11 is 0. The molecular formula is C25H27FN6O. The largest absolute Gasteiger partial charge is 0.340 e. The normalized spacial score (nSPS) is 13.8. The van der Waals surface area contributed by atoms with Gasteiger partial charge in [0, 0.05) is 37.2 Å². The van der Waals surface area contributed by atoms with Crippen LogP contribution in [0.2, 0.25) is 0 Å². The van der Waals surface area contributed by atoms with Crippen molar-refractivity contribution < 1.29 is 4.39 Å². The predicted octanol–water partition coefficient (Wildman–Crippen LogP) is 4.20. The van der Waals surface area contributed by atoms with Gasteiger partial charge in [-0.15, -0.1) is 0 Å². The van der Waals surface area contributed by atoms with Crippen molar-refractivity contribution in [3.8, 4) is 5.69 Å². The number of rotatable bonds is 5. The zero-order chi connectivity index (χ0) is 23.2. The van der Waals surface area contributed by atoms with Crippen molar-refractivity contribution in [3.05, 3.63) is 76.0 Å². The summed E-state index contributed by atoms with van der Waals surface area (Å²) < 4.78 is 18.0. The summed E-state index contributed by atoms with van der Waals surface area (Å²) in [7, 11) is 0. The number of hydrogen-bond acceptors (Lipinski definition) is 5. The minimum absolute atomic E-state index is 0.135. The van der Waals surface area contributed by atoms with Crippen LogP contribution in [-0.4, -0.2) is 25.9 Å². The molecule has 3 aromatic heterocycles. The number of nitrogens with zero attached hydrogens (tertiary/aromatic N) is 4. The molecule has 0 bridgehead atoms. The lowest BCUT2D eigenvalue weighted by atomic mass is 10.0. The Morgan fingerprint density at radius 2 is 2.00 bits per heavy atom. The number of hydrogen-bond donors (Lipinski definition) is 2. The van der Waals surface area contributed by atoms with Crippen molar-refractivity contribution in [1.82, 2.24) is 24.6 Å². The van der Waals surface area contributed by atoms with E-state index in [1.54, 1.807) is 29.2 Å². The number of halogens is 1. The van der Waals surface area contributed by atoms with Crippen molar-refractivity contribution in [2.75, 3.05) is 11.9 Å². The first-order valence-corrected chi connectivity index (χ1v) is 11.2. The van der Waals surface area contributed by atoms with E-state index in [2.05, 4.69) is 38.8 Å². The minimum atomic E-state index is -1.59. The molecule has 0 spiro atoms. The van der Waals surface area contributed by atoms with Crippen LogP contribution in [-0.2, 0) is 25.2 Å². The lowest BCUT2D eigenvalue weighted by Crippen LogP contribution is -2.23. The summed E-state index contributed by atoms with van der Waals surface area (Å²) in [6.07, 6.45) is 4.20. The molecule has 1 aliphatic rings. The van der Waals surface area contributed by atoms with Gasteiger partial charge < -0.3 is 10.6 Å². The van der Waals surface area contributed by atoms with Gasteiger partial charge in [-0.2, -0.15) is 0 Å². The Bertz CT molecular complexity index is 1400. The molecule has 1 aliphatic heterocycles. The molecule has 8 heteroatoms. The number of benzene rings is 1. The molecule has 0 amide bonds. The van der Waals surface area contributed by atoms with Crippen LogP contribution in [0.5, 0.6) is 0 Å². The highest BCUT2D eigenvalue weighted by molar-refractivity contribution is 5.82. The van der Waals surface area contributed by atoms with E-state index >= 15 is 0 Å². The number of anilines is 2. The molecule has 170 valence electrons. The van der Waals surface area contributed by atoms with Gasteiger partial charge in [-0.05, 0) is 69.1 Å². The topological polar surface area (TPSA) is 76.8 Å². The second kappa shape index (κ2) is 8.12. The first-order chi connectivity index (χ1) is 15.8. The van der Waals surface area contributed by atoms with E-state index in [1.807, 2.05) is 17.7 Å². The molecular weight excluding hydrogens is 419 g/mol. The fourth-order valence-electron chi connectivity index (χ4n) is 4.36. The molecule has 2 N–H and O–H groups in total. The third-order valence-electron chi connectivity index (χ3n) is 6.08. The second-order valence-corrected chi connectivity index (χ2v) is 8.83. The summed E-state index contributed by atoms with van der Waals surface area (Å²) in [5, 5.41) is 7.28. The first-order valence-electron chi connectivity index (χ1n) is 11.2. The third-order valence-corrected chi connectivity index (χ3v) is 6.08. The van der Waals surface area contributed by atoms with Crippen molar-refractivity contribution >= 4 is 22.4 Å². The number of pyridine rings is 2. The highest BCUT2D eigenvalue weighted by Gasteiger charge is 2.22. The number of nitrogens with one attached hydrogen (secondary N) is 2. The monoisotopic (exact) mass is 446 g/mol. The fraction of sp³-hybridized carbons (Fsp3) is 0.320. The number of alkyl halides is 1. The molecule has 1 aromatic carbocycles. The lowest BCUT2D eigenvalue weighted by molar-refractivity contribution is 0.214. The smallest absolute Gasteiger partial charge is 0.276 e. The van der Waals surface area contributed by atoms with Gasteiger partial charge in [-0.1, -0.05) is 6.07 Å². The van der Waals surface area contributed by atoms with E-state index in [0.717, 1.165) is 25.2 Å². The summed E-state index contributed by atoms with van der Waals surface area (Å²) in [4.78, 5) is 21.7. The van der Waals surface area contributed by atoms with E-state index in [4.69, 9.17) is 0 Å². The molecule has 7 nitrogen and oxygen atoms in total. The number of fused-ring (bicyclic) bond motifs is 2. The third kappa shape index (κ3) is 3.91. The predicted molar refractivity (Wildman–Crippen MR) is 128 cm³/mol. The van der Waals surface area contributed by atoms with Crippen LogP contribution in [0.25, 0.3) is 16.6 Å². The van der Waals surface area contributed by atoms with Crippen LogP contribution in [0.1, 0.15) is 37.6 Å². The molecule has 0 radical (unpaired) electrons. The van der Waals surface area contributed by atoms with Crippen molar-refractivity contribution in [3.63, 3.8) is 0 Å². The molecule has 0 saturated carbocycles. The summed E-state index contributed by atoms with van der Waals surface area (Å²) in [5.41, 5.74) is 3.55. The van der Waals surface area contributed by atoms with E-state index in [-0.39, 0.29) is 5.56 Å². The Morgan fingerprint density at radius 1 is 1.15 bits per heavy atom. The van der Waals surface area contributed by atoms with Crippen LogP contribution in [0.4, 0.5) is 15.9 Å². The van der Waals surface area contributed by atoms with Gasteiger partial charge in [0.05, 0.1) is 22.3 Å². The van der Waals surface area contributed by atoms with Crippen LogP contribution in [0.15, 0.2) is 53.6 Å². The standard InChI is InChI=1S/C25H27FN6O/c1-4-31-24(33)20-15-29-23(30-18-6-5-16-7-9-27-14-17(16)11-18)13-21(20)32(31)19-8-10-28-22(12-19)25(2,3)26/h5-6,8,10-13,15,27H,4,7,9,14H2,1-3H3,(H,29,30). The second-order valence-electron chi connectivity index (χ2n) is 8.83. The fourth-order valence-corrected chi connectivity index (χ4v) is 4.36. The van der Waals surface area contributed by atoms with Crippen molar-refractivity contribution in [2.45, 2.75) is 46.0 Å². The average Bonchev–Trinajstić information content (AvgIpc) is 3.09. The van der Waals surface area contributed by atoms with Gasteiger partial charge in [0.25, 0.3) is 5.56 Å². The maximum Gasteiger partial charge on any atom is 0.276 e. The Labute approximate surface area is 191 Å². The molecule has 0 atom stereocenters. The first kappa shape index (κ1) is 21.3. The molecule has 0 saturated heterocycles. The Hall–Kier alpha value is -3.52. The maximum absolute atomic E-state index is 14.6. The Balaban J connectivity index is 1.60. The van der Waals surface area contributed by atoms with Crippen LogP contribution < -0.4 is 16.2 Å². The van der Waals surface area contributed by atoms with Crippen LogP contribution in [0, 0.1) is 0 Å². The minimum Gasteiger partial charge on any atom is -0.340 e.